The van der Waals surface area contributed by atoms with Crippen molar-refractivity contribution in [2.24, 2.45) is 0 Å². The first-order chi connectivity index (χ1) is 5.74. The molecule has 2 nitrogen and oxygen atoms in total. The highest BCUT2D eigenvalue weighted by atomic mass is 14.9. The van der Waals surface area contributed by atoms with E-state index in [2.05, 4.69) is 31.4 Å². The van der Waals surface area contributed by atoms with Crippen LogP contribution in [0.2, 0.25) is 0 Å². The second-order valence-corrected chi connectivity index (χ2v) is 3.47. The summed E-state index contributed by atoms with van der Waals surface area (Å²) in [5.41, 5.74) is 0. The summed E-state index contributed by atoms with van der Waals surface area (Å²) in [5.74, 6) is 0. The second kappa shape index (κ2) is 7.56. The van der Waals surface area contributed by atoms with E-state index in [1.807, 2.05) is 7.05 Å². The van der Waals surface area contributed by atoms with Gasteiger partial charge in [-0.25, -0.2) is 0 Å². The van der Waals surface area contributed by atoms with Gasteiger partial charge in [0.15, 0.2) is 0 Å². The van der Waals surface area contributed by atoms with Crippen molar-refractivity contribution in [2.45, 2.75) is 52.1 Å². The summed E-state index contributed by atoms with van der Waals surface area (Å²) in [6, 6.07) is 1.35. The minimum Gasteiger partial charge on any atom is -0.320 e. The minimum atomic E-state index is 0.659. The molecule has 2 N–H and O–H groups in total. The van der Waals surface area contributed by atoms with Crippen LogP contribution >= 0.6 is 0 Å². The van der Waals surface area contributed by atoms with Crippen LogP contribution in [0.15, 0.2) is 0 Å². The van der Waals surface area contributed by atoms with E-state index in [9.17, 15) is 0 Å². The third kappa shape index (κ3) is 5.56. The highest BCUT2D eigenvalue weighted by Gasteiger charge is 2.07. The standard InChI is InChI=1S/C10H24N2/c1-5-9(3)12-10(6-2)7-8-11-4/h9-12H,5-8H2,1-4H3. The topological polar surface area (TPSA) is 24.1 Å². The van der Waals surface area contributed by atoms with Crippen LogP contribution in [0, 0.1) is 0 Å². The Morgan fingerprint density at radius 3 is 2.25 bits per heavy atom. The Bertz CT molecular complexity index is 93.8. The number of hydrogen-bond acceptors (Lipinski definition) is 2. The van der Waals surface area contributed by atoms with Crippen molar-refractivity contribution >= 4 is 0 Å². The first kappa shape index (κ1) is 11.9. The van der Waals surface area contributed by atoms with Crippen molar-refractivity contribution in [3.8, 4) is 0 Å². The van der Waals surface area contributed by atoms with Gasteiger partial charge in [-0.05, 0) is 39.8 Å². The summed E-state index contributed by atoms with van der Waals surface area (Å²) in [5, 5.41) is 6.79. The summed E-state index contributed by atoms with van der Waals surface area (Å²) < 4.78 is 0. The summed E-state index contributed by atoms with van der Waals surface area (Å²) in [6.07, 6.45) is 3.68. The van der Waals surface area contributed by atoms with Gasteiger partial charge in [0, 0.05) is 12.1 Å². The molecule has 0 rings (SSSR count). The van der Waals surface area contributed by atoms with E-state index >= 15 is 0 Å². The maximum atomic E-state index is 3.61. The van der Waals surface area contributed by atoms with E-state index in [1.54, 1.807) is 0 Å². The van der Waals surface area contributed by atoms with Crippen LogP contribution in [0.1, 0.15) is 40.0 Å². The quantitative estimate of drug-likeness (QED) is 0.611. The molecule has 0 bridgehead atoms. The van der Waals surface area contributed by atoms with Gasteiger partial charge in [-0.15, -0.1) is 0 Å². The largest absolute Gasteiger partial charge is 0.320 e. The van der Waals surface area contributed by atoms with Gasteiger partial charge >= 0.3 is 0 Å². The molecule has 2 unspecified atom stereocenters. The molecule has 0 aromatic heterocycles. The third-order valence-corrected chi connectivity index (χ3v) is 2.37. The normalized spacial score (nSPS) is 16.0. The Morgan fingerprint density at radius 1 is 1.17 bits per heavy atom. The monoisotopic (exact) mass is 172 g/mol. The van der Waals surface area contributed by atoms with Gasteiger partial charge < -0.3 is 10.6 Å². The molecular formula is C10H24N2. The first-order valence-electron chi connectivity index (χ1n) is 5.15. The van der Waals surface area contributed by atoms with E-state index in [0.29, 0.717) is 12.1 Å². The molecule has 0 amide bonds. The molecule has 0 aliphatic carbocycles. The highest BCUT2D eigenvalue weighted by Crippen LogP contribution is 1.99. The lowest BCUT2D eigenvalue weighted by molar-refractivity contribution is 0.403. The van der Waals surface area contributed by atoms with Crippen LogP contribution in [0.5, 0.6) is 0 Å². The number of hydrogen-bond donors (Lipinski definition) is 2. The summed E-state index contributed by atoms with van der Waals surface area (Å²) in [4.78, 5) is 0. The molecule has 0 fully saturated rings. The zero-order valence-corrected chi connectivity index (χ0v) is 8.98. The van der Waals surface area contributed by atoms with Gasteiger partial charge in [0.05, 0.1) is 0 Å². The molecular weight excluding hydrogens is 148 g/mol. The van der Waals surface area contributed by atoms with E-state index < -0.39 is 0 Å². The molecule has 0 aliphatic heterocycles. The van der Waals surface area contributed by atoms with Gasteiger partial charge in [-0.1, -0.05) is 13.8 Å². The third-order valence-electron chi connectivity index (χ3n) is 2.37. The SMILES string of the molecule is CCC(C)NC(CC)CCNC. The van der Waals surface area contributed by atoms with Crippen LogP contribution in [0.25, 0.3) is 0 Å². The predicted molar refractivity (Wildman–Crippen MR) is 55.5 cm³/mol. The van der Waals surface area contributed by atoms with Crippen LogP contribution in [-0.2, 0) is 0 Å². The van der Waals surface area contributed by atoms with Crippen LogP contribution < -0.4 is 10.6 Å². The summed E-state index contributed by atoms with van der Waals surface area (Å²) >= 11 is 0. The smallest absolute Gasteiger partial charge is 0.00789 e. The molecule has 2 atom stereocenters. The predicted octanol–water partition coefficient (Wildman–Crippen LogP) is 1.76. The molecule has 2 heteroatoms. The Balaban J connectivity index is 3.51. The first-order valence-corrected chi connectivity index (χ1v) is 5.15. The fraction of sp³-hybridized carbons (Fsp3) is 1.00. The fourth-order valence-corrected chi connectivity index (χ4v) is 1.24. The maximum Gasteiger partial charge on any atom is 0.00789 e. The van der Waals surface area contributed by atoms with Gasteiger partial charge in [0.1, 0.15) is 0 Å². The van der Waals surface area contributed by atoms with Crippen molar-refractivity contribution in [3.63, 3.8) is 0 Å². The molecule has 12 heavy (non-hydrogen) atoms. The van der Waals surface area contributed by atoms with Crippen LogP contribution in [0.4, 0.5) is 0 Å². The molecule has 0 aromatic carbocycles. The van der Waals surface area contributed by atoms with Crippen molar-refractivity contribution in [1.29, 1.82) is 0 Å². The Hall–Kier alpha value is -0.0800. The van der Waals surface area contributed by atoms with Gasteiger partial charge in [-0.3, -0.25) is 0 Å². The zero-order valence-electron chi connectivity index (χ0n) is 8.98. The molecule has 74 valence electrons. The molecule has 0 spiro atoms. The lowest BCUT2D eigenvalue weighted by atomic mass is 10.1. The van der Waals surface area contributed by atoms with Gasteiger partial charge in [-0.2, -0.15) is 0 Å². The molecule has 0 heterocycles. The fourth-order valence-electron chi connectivity index (χ4n) is 1.24. The van der Waals surface area contributed by atoms with E-state index in [4.69, 9.17) is 0 Å². The average molecular weight is 172 g/mol. The molecule has 0 aliphatic rings. The summed E-state index contributed by atoms with van der Waals surface area (Å²) in [7, 11) is 2.01. The lowest BCUT2D eigenvalue weighted by Gasteiger charge is -2.21. The Morgan fingerprint density at radius 2 is 1.83 bits per heavy atom. The lowest BCUT2D eigenvalue weighted by Crippen LogP contribution is -2.37. The number of rotatable bonds is 7. The van der Waals surface area contributed by atoms with Crippen molar-refractivity contribution in [2.75, 3.05) is 13.6 Å². The number of nitrogens with one attached hydrogen (secondary N) is 2. The van der Waals surface area contributed by atoms with Crippen molar-refractivity contribution < 1.29 is 0 Å². The van der Waals surface area contributed by atoms with E-state index in [1.165, 1.54) is 19.3 Å². The Labute approximate surface area is 77.1 Å². The maximum absolute atomic E-state index is 3.61. The van der Waals surface area contributed by atoms with Gasteiger partial charge in [0.2, 0.25) is 0 Å². The Kier molecular flexibility index (Phi) is 7.51. The molecule has 0 saturated heterocycles. The van der Waals surface area contributed by atoms with E-state index in [0.717, 1.165) is 6.54 Å². The van der Waals surface area contributed by atoms with Crippen molar-refractivity contribution in [3.05, 3.63) is 0 Å². The average Bonchev–Trinajstić information content (AvgIpc) is 2.11. The highest BCUT2D eigenvalue weighted by molar-refractivity contribution is 4.69. The zero-order chi connectivity index (χ0) is 9.40. The minimum absolute atomic E-state index is 0.659. The van der Waals surface area contributed by atoms with Gasteiger partial charge in [0.25, 0.3) is 0 Å². The van der Waals surface area contributed by atoms with Crippen molar-refractivity contribution in [1.82, 2.24) is 10.6 Å². The molecule has 0 aromatic rings. The van der Waals surface area contributed by atoms with Crippen LogP contribution in [0.3, 0.4) is 0 Å². The molecule has 0 saturated carbocycles. The molecule has 0 radical (unpaired) electrons. The summed E-state index contributed by atoms with van der Waals surface area (Å²) in [6.45, 7) is 7.84. The van der Waals surface area contributed by atoms with Crippen LogP contribution in [-0.4, -0.2) is 25.7 Å². The second-order valence-electron chi connectivity index (χ2n) is 3.47. The van der Waals surface area contributed by atoms with E-state index in [-0.39, 0.29) is 0 Å².